The molecule has 0 N–H and O–H groups in total. The molecule has 14 heteroatoms. The normalized spacial score (nSPS) is 23.2. The van der Waals surface area contributed by atoms with Crippen LogP contribution in [0.3, 0.4) is 0 Å². The zero-order chi connectivity index (χ0) is 38.9. The quantitative estimate of drug-likeness (QED) is 0.128. The lowest BCUT2D eigenvalue weighted by molar-refractivity contribution is -0.532. The fraction of sp³-hybridized carbons (Fsp3) is 0.244. The monoisotopic (exact) mass is 733 g/mol. The largest absolute Gasteiger partial charge is 0.364 e. The van der Waals surface area contributed by atoms with E-state index in [1.165, 1.54) is 24.3 Å². The van der Waals surface area contributed by atoms with Gasteiger partial charge in [-0.2, -0.15) is 10.5 Å². The predicted molar refractivity (Wildman–Crippen MR) is 209 cm³/mol. The third kappa shape index (κ3) is 5.17. The van der Waals surface area contributed by atoms with Crippen LogP contribution in [0.5, 0.6) is 0 Å². The number of hydrogen-bond acceptors (Lipinski definition) is 10. The zero-order valence-corrected chi connectivity index (χ0v) is 30.8. The number of para-hydroxylation sites is 2. The van der Waals surface area contributed by atoms with E-state index in [0.29, 0.717) is 34.2 Å². The highest BCUT2D eigenvalue weighted by molar-refractivity contribution is 6.11. The number of fused-ring (bicyclic) bond motifs is 6. The molecule has 0 aliphatic carbocycles. The average Bonchev–Trinajstić information content (AvgIpc) is 3.65. The topological polar surface area (TPSA) is 153 Å². The maximum atomic E-state index is 11.8. The number of amidine groups is 1. The van der Waals surface area contributed by atoms with Gasteiger partial charge in [0.15, 0.2) is 12.1 Å². The van der Waals surface area contributed by atoms with E-state index in [4.69, 9.17) is 0 Å². The summed E-state index contributed by atoms with van der Waals surface area (Å²) in [5, 5.41) is 45.6. The van der Waals surface area contributed by atoms with Crippen molar-refractivity contribution in [1.82, 2.24) is 4.90 Å². The summed E-state index contributed by atoms with van der Waals surface area (Å²) in [6.45, 7) is 0. The molecular weight excluding hydrogens is 697 g/mol. The van der Waals surface area contributed by atoms with Crippen LogP contribution in [0, 0.1) is 42.9 Å². The first-order valence-electron chi connectivity index (χ1n) is 17.7. The number of nitrogens with zero attached hydrogens (tertiary/aromatic N) is 10. The van der Waals surface area contributed by atoms with Gasteiger partial charge in [-0.25, -0.2) is 4.90 Å². The van der Waals surface area contributed by atoms with Gasteiger partial charge in [-0.1, -0.05) is 36.4 Å². The maximum absolute atomic E-state index is 11.8. The summed E-state index contributed by atoms with van der Waals surface area (Å²) in [7, 11) is 9.67. The van der Waals surface area contributed by atoms with Crippen LogP contribution >= 0.6 is 0 Å². The average molecular weight is 734 g/mol. The highest BCUT2D eigenvalue weighted by atomic mass is 16.6. The van der Waals surface area contributed by atoms with Crippen LogP contribution in [0.25, 0.3) is 0 Å². The lowest BCUT2D eigenvalue weighted by Gasteiger charge is -2.47. The number of rotatable bonds is 6. The molecule has 4 heterocycles. The molecule has 8 rings (SSSR count). The molecule has 4 aromatic carbocycles. The van der Waals surface area contributed by atoms with E-state index in [9.17, 15) is 30.8 Å². The molecule has 55 heavy (non-hydrogen) atoms. The smallest absolute Gasteiger partial charge is 0.295 e. The van der Waals surface area contributed by atoms with Gasteiger partial charge in [0.2, 0.25) is 0 Å². The first-order chi connectivity index (χ1) is 26.5. The van der Waals surface area contributed by atoms with Gasteiger partial charge in [-0.15, -0.1) is 0 Å². The minimum atomic E-state index is -0.627. The van der Waals surface area contributed by atoms with Gasteiger partial charge >= 0.3 is 0 Å². The molecule has 0 fully saturated rings. The summed E-state index contributed by atoms with van der Waals surface area (Å²) in [6.07, 6.45) is 1.98. The molecule has 5 atom stereocenters. The number of nitro benzene ring substituents is 2. The van der Waals surface area contributed by atoms with E-state index in [1.807, 2.05) is 87.2 Å². The van der Waals surface area contributed by atoms with Crippen LogP contribution in [0.2, 0.25) is 0 Å². The molecule has 4 aliphatic heterocycles. The fourth-order valence-corrected chi connectivity index (χ4v) is 9.08. The van der Waals surface area contributed by atoms with Gasteiger partial charge in [0.1, 0.15) is 34.8 Å². The number of hydrogen-bond donors (Lipinski definition) is 0. The van der Waals surface area contributed by atoms with Crippen molar-refractivity contribution in [3.05, 3.63) is 151 Å². The van der Waals surface area contributed by atoms with Crippen molar-refractivity contribution in [1.29, 1.82) is 10.5 Å². The Morgan fingerprint density at radius 3 is 1.71 bits per heavy atom. The second-order valence-corrected chi connectivity index (χ2v) is 14.3. The lowest BCUT2D eigenvalue weighted by Crippen LogP contribution is -2.60. The summed E-state index contributed by atoms with van der Waals surface area (Å²) in [6, 6.07) is 32.1. The molecule has 0 bridgehead atoms. The minimum absolute atomic E-state index is 0.0389. The van der Waals surface area contributed by atoms with E-state index in [2.05, 4.69) is 43.9 Å². The summed E-state index contributed by atoms with van der Waals surface area (Å²) < 4.78 is 2.03. The molecule has 0 saturated carbocycles. The van der Waals surface area contributed by atoms with E-state index in [0.717, 1.165) is 22.5 Å². The number of benzene rings is 4. The van der Waals surface area contributed by atoms with E-state index in [-0.39, 0.29) is 29.5 Å². The molecule has 0 spiro atoms. The van der Waals surface area contributed by atoms with Gasteiger partial charge in [-0.05, 0) is 42.5 Å². The van der Waals surface area contributed by atoms with Crippen molar-refractivity contribution in [2.45, 2.75) is 30.2 Å². The van der Waals surface area contributed by atoms with Crippen molar-refractivity contribution < 1.29 is 14.4 Å². The van der Waals surface area contributed by atoms with E-state index >= 15 is 0 Å². The fourth-order valence-electron chi connectivity index (χ4n) is 9.08. The Kier molecular flexibility index (Phi) is 8.26. The Balaban J connectivity index is 1.42. The van der Waals surface area contributed by atoms with E-state index in [1.54, 1.807) is 24.3 Å². The maximum Gasteiger partial charge on any atom is 0.295 e. The highest BCUT2D eigenvalue weighted by Gasteiger charge is 2.57. The summed E-state index contributed by atoms with van der Waals surface area (Å²) in [5.74, 6) is 1.18. The van der Waals surface area contributed by atoms with Crippen molar-refractivity contribution in [2.24, 2.45) is 0 Å². The second kappa shape index (κ2) is 13.0. The van der Waals surface area contributed by atoms with Crippen molar-refractivity contribution in [2.75, 3.05) is 54.8 Å². The van der Waals surface area contributed by atoms with Gasteiger partial charge < -0.3 is 19.6 Å². The molecule has 0 amide bonds. The molecule has 4 aliphatic rings. The first-order valence-corrected chi connectivity index (χ1v) is 17.7. The molecule has 0 saturated heterocycles. The molecule has 0 radical (unpaired) electrons. The third-order valence-corrected chi connectivity index (χ3v) is 11.4. The van der Waals surface area contributed by atoms with Gasteiger partial charge in [0.25, 0.3) is 17.2 Å². The van der Waals surface area contributed by atoms with Gasteiger partial charge in [0.05, 0.1) is 35.0 Å². The molecule has 14 nitrogen and oxygen atoms in total. The predicted octanol–water partition coefficient (Wildman–Crippen LogP) is 6.12. The Hall–Kier alpha value is -7.19. The van der Waals surface area contributed by atoms with Crippen LogP contribution in [0.4, 0.5) is 34.1 Å². The van der Waals surface area contributed by atoms with Crippen molar-refractivity contribution in [3.63, 3.8) is 0 Å². The minimum Gasteiger partial charge on any atom is -0.364 e. The highest BCUT2D eigenvalue weighted by Crippen LogP contribution is 2.52. The van der Waals surface area contributed by atoms with Gasteiger partial charge in [-0.3, -0.25) is 24.8 Å². The van der Waals surface area contributed by atoms with Gasteiger partial charge in [0, 0.05) is 80.6 Å². The number of likely N-dealkylation sites (N-methyl/N-ethyl adjacent to an activating group) is 3. The molecular formula is C41H37N10O4+. The molecule has 0 aromatic heterocycles. The summed E-state index contributed by atoms with van der Waals surface area (Å²) in [4.78, 5) is 33.0. The SMILES string of the molecule is CN(C)C1=C(C#N)C([N+](C)=C2C(C#N)=CC3C(c4ccccc4N3C)N2c2ccc([N+](=O)[O-])cc2)C2C(c3ccccc3N2C)N1c1ccc([N+](=O)[O-])cc1. The number of anilines is 4. The Bertz CT molecular complexity index is 2440. The van der Waals surface area contributed by atoms with Crippen molar-refractivity contribution >= 4 is 40.0 Å². The van der Waals surface area contributed by atoms with Crippen molar-refractivity contribution in [3.8, 4) is 12.1 Å². The molecule has 4 aromatic rings. The zero-order valence-electron chi connectivity index (χ0n) is 30.8. The van der Waals surface area contributed by atoms with Crippen LogP contribution in [-0.2, 0) is 0 Å². The Morgan fingerprint density at radius 1 is 0.691 bits per heavy atom. The molecule has 274 valence electrons. The Morgan fingerprint density at radius 2 is 1.20 bits per heavy atom. The van der Waals surface area contributed by atoms with E-state index < -0.39 is 21.9 Å². The summed E-state index contributed by atoms with van der Waals surface area (Å²) in [5.41, 5.74) is 6.14. The standard InChI is InChI=1S/C41H37N10O4/c1-44(2)41-32(24-43)37(39-38(31-11-7-9-13-34(31)46(39)4)49(41)27-16-20-29(21-17-27)51(54)55)47(5)40-25(23-42)22-35-36(30-10-6-8-12-33(30)45(35)3)48(40)26-14-18-28(19-15-26)50(52)53/h6-22,35-39H,1-5H3/q+1. The summed E-state index contributed by atoms with van der Waals surface area (Å²) >= 11 is 0. The van der Waals surface area contributed by atoms with Crippen LogP contribution in [0.1, 0.15) is 23.2 Å². The number of non-ortho nitro benzene ring substituents is 2. The first kappa shape index (κ1) is 34.9. The number of nitro groups is 2. The Labute approximate surface area is 317 Å². The second-order valence-electron chi connectivity index (χ2n) is 14.3. The number of nitriles is 2. The molecule has 5 unspecified atom stereocenters. The van der Waals surface area contributed by atoms with Crippen LogP contribution in [0.15, 0.2) is 120 Å². The third-order valence-electron chi connectivity index (χ3n) is 11.4. The lowest BCUT2D eigenvalue weighted by atomic mass is 9.85. The van der Waals surface area contributed by atoms with Crippen LogP contribution < -0.4 is 19.6 Å². The van der Waals surface area contributed by atoms with Crippen LogP contribution in [-0.4, -0.2) is 78.5 Å².